The average molecular weight is 258 g/mol. The number of carbonyl (C=O) groups excluding carboxylic acids is 1. The van der Waals surface area contributed by atoms with Gasteiger partial charge >= 0.3 is 0 Å². The van der Waals surface area contributed by atoms with E-state index in [4.69, 9.17) is 15.2 Å². The van der Waals surface area contributed by atoms with Crippen molar-refractivity contribution >= 4 is 5.91 Å². The SMILES string of the molecule is CCOC(CNC(=O)C1CCCCC1N)OCC. The highest BCUT2D eigenvalue weighted by Crippen LogP contribution is 2.22. The van der Waals surface area contributed by atoms with Gasteiger partial charge in [-0.05, 0) is 26.7 Å². The molecule has 0 radical (unpaired) electrons. The third-order valence-electron chi connectivity index (χ3n) is 3.30. The van der Waals surface area contributed by atoms with Crippen LogP contribution in [0.3, 0.4) is 0 Å². The van der Waals surface area contributed by atoms with Crippen LogP contribution in [0, 0.1) is 5.92 Å². The zero-order valence-electron chi connectivity index (χ0n) is 11.5. The van der Waals surface area contributed by atoms with Crippen molar-refractivity contribution in [2.75, 3.05) is 19.8 Å². The van der Waals surface area contributed by atoms with Gasteiger partial charge in [-0.25, -0.2) is 0 Å². The molecule has 2 unspecified atom stereocenters. The van der Waals surface area contributed by atoms with Gasteiger partial charge in [0.1, 0.15) is 0 Å². The molecule has 0 heterocycles. The predicted octanol–water partition coefficient (Wildman–Crippen LogP) is 1.02. The molecule has 0 aromatic rings. The Balaban J connectivity index is 2.33. The molecule has 3 N–H and O–H groups in total. The second kappa shape index (κ2) is 8.45. The fraction of sp³-hybridized carbons (Fsp3) is 0.923. The van der Waals surface area contributed by atoms with Gasteiger partial charge in [-0.1, -0.05) is 12.8 Å². The molecule has 1 amide bonds. The standard InChI is InChI=1S/C13H26N2O3/c1-3-17-12(18-4-2)9-15-13(16)10-7-5-6-8-11(10)14/h10-12H,3-9,14H2,1-2H3,(H,15,16). The monoisotopic (exact) mass is 258 g/mol. The van der Waals surface area contributed by atoms with Crippen molar-refractivity contribution in [2.45, 2.75) is 51.9 Å². The van der Waals surface area contributed by atoms with Crippen LogP contribution < -0.4 is 11.1 Å². The minimum Gasteiger partial charge on any atom is -0.351 e. The van der Waals surface area contributed by atoms with E-state index in [0.29, 0.717) is 19.8 Å². The summed E-state index contributed by atoms with van der Waals surface area (Å²) in [5, 5.41) is 2.88. The van der Waals surface area contributed by atoms with Crippen molar-refractivity contribution < 1.29 is 14.3 Å². The van der Waals surface area contributed by atoms with Crippen molar-refractivity contribution in [3.05, 3.63) is 0 Å². The summed E-state index contributed by atoms with van der Waals surface area (Å²) in [4.78, 5) is 12.0. The van der Waals surface area contributed by atoms with Crippen LogP contribution in [-0.4, -0.2) is 38.0 Å². The zero-order valence-corrected chi connectivity index (χ0v) is 11.5. The van der Waals surface area contributed by atoms with E-state index in [1.807, 2.05) is 13.8 Å². The highest BCUT2D eigenvalue weighted by molar-refractivity contribution is 5.79. The van der Waals surface area contributed by atoms with Crippen molar-refractivity contribution in [3.8, 4) is 0 Å². The molecule has 5 heteroatoms. The number of hydrogen-bond donors (Lipinski definition) is 2. The van der Waals surface area contributed by atoms with E-state index in [1.165, 1.54) is 0 Å². The summed E-state index contributed by atoms with van der Waals surface area (Å²) in [5.41, 5.74) is 5.98. The molecule has 0 aromatic carbocycles. The maximum atomic E-state index is 12.0. The minimum atomic E-state index is -0.358. The summed E-state index contributed by atoms with van der Waals surface area (Å²) in [6.07, 6.45) is 3.69. The lowest BCUT2D eigenvalue weighted by molar-refractivity contribution is -0.142. The second-order valence-corrected chi connectivity index (χ2v) is 4.64. The molecule has 0 aliphatic heterocycles. The van der Waals surface area contributed by atoms with E-state index in [0.717, 1.165) is 25.7 Å². The van der Waals surface area contributed by atoms with Crippen molar-refractivity contribution in [1.29, 1.82) is 0 Å². The largest absolute Gasteiger partial charge is 0.351 e. The van der Waals surface area contributed by atoms with Gasteiger partial charge in [0, 0.05) is 19.3 Å². The topological polar surface area (TPSA) is 73.6 Å². The number of hydrogen-bond acceptors (Lipinski definition) is 4. The molecule has 0 spiro atoms. The van der Waals surface area contributed by atoms with E-state index < -0.39 is 0 Å². The summed E-state index contributed by atoms with van der Waals surface area (Å²) >= 11 is 0. The Labute approximate surface area is 109 Å². The minimum absolute atomic E-state index is 0.00335. The fourth-order valence-corrected chi connectivity index (χ4v) is 2.34. The van der Waals surface area contributed by atoms with E-state index in [9.17, 15) is 4.79 Å². The number of nitrogens with one attached hydrogen (secondary N) is 1. The molecule has 1 aliphatic rings. The van der Waals surface area contributed by atoms with Crippen molar-refractivity contribution in [2.24, 2.45) is 11.7 Å². The molecule has 2 atom stereocenters. The molecule has 0 aromatic heterocycles. The first kappa shape index (κ1) is 15.4. The van der Waals surface area contributed by atoms with Crippen LogP contribution in [0.1, 0.15) is 39.5 Å². The number of amides is 1. The van der Waals surface area contributed by atoms with Crippen LogP contribution in [0.25, 0.3) is 0 Å². The maximum absolute atomic E-state index is 12.0. The molecular weight excluding hydrogens is 232 g/mol. The maximum Gasteiger partial charge on any atom is 0.224 e. The van der Waals surface area contributed by atoms with E-state index >= 15 is 0 Å². The van der Waals surface area contributed by atoms with Gasteiger partial charge in [0.2, 0.25) is 5.91 Å². The van der Waals surface area contributed by atoms with Gasteiger partial charge < -0.3 is 20.5 Å². The Hall–Kier alpha value is -0.650. The van der Waals surface area contributed by atoms with Gasteiger partial charge in [0.25, 0.3) is 0 Å². The first-order valence-corrected chi connectivity index (χ1v) is 6.95. The predicted molar refractivity (Wildman–Crippen MR) is 70.0 cm³/mol. The van der Waals surface area contributed by atoms with Gasteiger partial charge in [-0.3, -0.25) is 4.79 Å². The Morgan fingerprint density at radius 2 is 1.89 bits per heavy atom. The Kier molecular flexibility index (Phi) is 7.23. The second-order valence-electron chi connectivity index (χ2n) is 4.64. The Bertz CT molecular complexity index is 242. The van der Waals surface area contributed by atoms with Crippen LogP contribution in [0.4, 0.5) is 0 Å². The highest BCUT2D eigenvalue weighted by Gasteiger charge is 2.28. The average Bonchev–Trinajstić information content (AvgIpc) is 2.36. The summed E-state index contributed by atoms with van der Waals surface area (Å²) in [6, 6.07) is -0.00335. The number of nitrogens with two attached hydrogens (primary N) is 1. The van der Waals surface area contributed by atoms with Crippen molar-refractivity contribution in [1.82, 2.24) is 5.32 Å². The number of rotatable bonds is 7. The van der Waals surface area contributed by atoms with Gasteiger partial charge in [-0.15, -0.1) is 0 Å². The zero-order chi connectivity index (χ0) is 13.4. The third kappa shape index (κ3) is 4.92. The van der Waals surface area contributed by atoms with Crippen LogP contribution in [0.2, 0.25) is 0 Å². The first-order valence-electron chi connectivity index (χ1n) is 6.95. The summed E-state index contributed by atoms with van der Waals surface area (Å²) in [6.45, 7) is 5.35. The first-order chi connectivity index (χ1) is 8.69. The Morgan fingerprint density at radius 3 is 2.44 bits per heavy atom. The molecule has 1 rings (SSSR count). The summed E-state index contributed by atoms with van der Waals surface area (Å²) < 4.78 is 10.8. The lowest BCUT2D eigenvalue weighted by Gasteiger charge is -2.28. The molecule has 5 nitrogen and oxygen atoms in total. The Morgan fingerprint density at radius 1 is 1.28 bits per heavy atom. The quantitative estimate of drug-likeness (QED) is 0.669. The third-order valence-corrected chi connectivity index (χ3v) is 3.30. The summed E-state index contributed by atoms with van der Waals surface area (Å²) in [7, 11) is 0. The summed E-state index contributed by atoms with van der Waals surface area (Å²) in [5.74, 6) is -0.0192. The molecule has 1 fully saturated rings. The van der Waals surface area contributed by atoms with Gasteiger partial charge in [0.05, 0.1) is 12.5 Å². The van der Waals surface area contributed by atoms with Crippen molar-refractivity contribution in [3.63, 3.8) is 0 Å². The molecule has 106 valence electrons. The normalized spacial score (nSPS) is 24.2. The molecular formula is C13H26N2O3. The molecule has 18 heavy (non-hydrogen) atoms. The van der Waals surface area contributed by atoms with Crippen LogP contribution in [0.5, 0.6) is 0 Å². The van der Waals surface area contributed by atoms with E-state index in [2.05, 4.69) is 5.32 Å². The number of carbonyl (C=O) groups is 1. The van der Waals surface area contributed by atoms with Crippen LogP contribution in [0.15, 0.2) is 0 Å². The molecule has 1 saturated carbocycles. The van der Waals surface area contributed by atoms with Crippen LogP contribution in [-0.2, 0) is 14.3 Å². The highest BCUT2D eigenvalue weighted by atomic mass is 16.7. The smallest absolute Gasteiger partial charge is 0.224 e. The fourth-order valence-electron chi connectivity index (χ4n) is 2.34. The lowest BCUT2D eigenvalue weighted by Crippen LogP contribution is -2.46. The lowest BCUT2D eigenvalue weighted by atomic mass is 9.84. The van der Waals surface area contributed by atoms with E-state index in [-0.39, 0.29) is 24.2 Å². The van der Waals surface area contributed by atoms with Gasteiger partial charge in [-0.2, -0.15) is 0 Å². The number of ether oxygens (including phenoxy) is 2. The van der Waals surface area contributed by atoms with E-state index in [1.54, 1.807) is 0 Å². The molecule has 0 bridgehead atoms. The molecule has 0 saturated heterocycles. The van der Waals surface area contributed by atoms with Crippen LogP contribution >= 0.6 is 0 Å². The molecule has 1 aliphatic carbocycles. The van der Waals surface area contributed by atoms with Gasteiger partial charge in [0.15, 0.2) is 6.29 Å².